The Labute approximate surface area is 159 Å². The normalized spacial score (nSPS) is 11.8. The van der Waals surface area contributed by atoms with Gasteiger partial charge in [-0.2, -0.15) is 8.42 Å². The van der Waals surface area contributed by atoms with Crippen molar-refractivity contribution in [3.63, 3.8) is 0 Å². The Balaban J connectivity index is 2.01. The summed E-state index contributed by atoms with van der Waals surface area (Å²) in [6.07, 6.45) is 4.81. The highest BCUT2D eigenvalue weighted by atomic mass is 127. The van der Waals surface area contributed by atoms with E-state index >= 15 is 0 Å². The molecule has 0 amide bonds. The second kappa shape index (κ2) is 13.0. The van der Waals surface area contributed by atoms with Crippen LogP contribution in [0.1, 0.15) is 31.2 Å². The Bertz CT molecular complexity index is 530. The van der Waals surface area contributed by atoms with Crippen LogP contribution in [-0.2, 0) is 23.8 Å². The second-order valence-electron chi connectivity index (χ2n) is 5.42. The van der Waals surface area contributed by atoms with E-state index in [1.165, 1.54) is 23.7 Å². The Hall–Kier alpha value is -0.220. The minimum Gasteiger partial charge on any atom is -0.379 e. The minimum atomic E-state index is -3.70. The molecule has 0 saturated carbocycles. The molecule has 0 aromatic heterocycles. The summed E-state index contributed by atoms with van der Waals surface area (Å²) in [5, 5.41) is 0. The van der Waals surface area contributed by atoms with Crippen LogP contribution in [0.15, 0.2) is 29.2 Å². The van der Waals surface area contributed by atoms with E-state index in [4.69, 9.17) is 13.7 Å². The third-order valence-electron chi connectivity index (χ3n) is 3.32. The van der Waals surface area contributed by atoms with Gasteiger partial charge in [0.25, 0.3) is 10.1 Å². The van der Waals surface area contributed by atoms with Crippen LogP contribution in [0.2, 0.25) is 0 Å². The van der Waals surface area contributed by atoms with Crippen molar-refractivity contribution < 1.29 is 22.1 Å². The number of benzene rings is 1. The number of hydrogen-bond donors (Lipinski definition) is 0. The van der Waals surface area contributed by atoms with Crippen molar-refractivity contribution in [3.05, 3.63) is 29.8 Å². The molecule has 5 nitrogen and oxygen atoms in total. The fourth-order valence-corrected chi connectivity index (χ4v) is 3.38. The van der Waals surface area contributed by atoms with Crippen molar-refractivity contribution in [2.75, 3.05) is 37.5 Å². The highest BCUT2D eigenvalue weighted by Gasteiger charge is 2.14. The predicted octanol–water partition coefficient (Wildman–Crippen LogP) is 3.73. The smallest absolute Gasteiger partial charge is 0.297 e. The number of ether oxygens (including phenoxy) is 2. The van der Waals surface area contributed by atoms with Crippen molar-refractivity contribution in [1.29, 1.82) is 0 Å². The van der Waals surface area contributed by atoms with E-state index in [2.05, 4.69) is 22.6 Å². The van der Waals surface area contributed by atoms with Gasteiger partial charge in [-0.05, 0) is 36.3 Å². The lowest BCUT2D eigenvalue weighted by molar-refractivity contribution is 0.0360. The van der Waals surface area contributed by atoms with E-state index in [1.807, 2.05) is 6.92 Å². The summed E-state index contributed by atoms with van der Waals surface area (Å²) in [7, 11) is -3.70. The van der Waals surface area contributed by atoms with Crippen LogP contribution in [0.3, 0.4) is 0 Å². The summed E-state index contributed by atoms with van der Waals surface area (Å²) in [4.78, 5) is 0.166. The zero-order valence-corrected chi connectivity index (χ0v) is 17.2. The molecule has 24 heavy (non-hydrogen) atoms. The molecule has 0 heterocycles. The average Bonchev–Trinajstić information content (AvgIpc) is 2.56. The summed E-state index contributed by atoms with van der Waals surface area (Å²) >= 11 is 2.39. The van der Waals surface area contributed by atoms with Crippen LogP contribution in [0, 0.1) is 6.92 Å². The number of unbranched alkanes of at least 4 members (excludes halogenated alkanes) is 3. The number of rotatable bonds is 14. The van der Waals surface area contributed by atoms with Crippen LogP contribution in [0.5, 0.6) is 0 Å². The number of hydrogen-bond acceptors (Lipinski definition) is 5. The van der Waals surface area contributed by atoms with Gasteiger partial charge in [0.05, 0.1) is 31.3 Å². The standard InChI is InChI=1S/C17H27IO5S/c1-16-6-8-17(9-7-16)24(19,20)23-15-14-22-13-12-21-11-5-3-2-4-10-18/h6-9H,2-5,10-15H2,1H3. The molecule has 0 radical (unpaired) electrons. The van der Waals surface area contributed by atoms with Gasteiger partial charge in [0.1, 0.15) is 0 Å². The van der Waals surface area contributed by atoms with Gasteiger partial charge in [-0.15, -0.1) is 0 Å². The van der Waals surface area contributed by atoms with Gasteiger partial charge in [0, 0.05) is 6.61 Å². The summed E-state index contributed by atoms with van der Waals surface area (Å²) in [6, 6.07) is 6.57. The molecular formula is C17H27IO5S. The third-order valence-corrected chi connectivity index (χ3v) is 5.41. The van der Waals surface area contributed by atoms with Gasteiger partial charge in [0.2, 0.25) is 0 Å². The Morgan fingerprint density at radius 2 is 1.42 bits per heavy atom. The lowest BCUT2D eigenvalue weighted by Crippen LogP contribution is -2.13. The van der Waals surface area contributed by atoms with Crippen LogP contribution in [0.25, 0.3) is 0 Å². The van der Waals surface area contributed by atoms with Crippen molar-refractivity contribution >= 4 is 32.7 Å². The second-order valence-corrected chi connectivity index (χ2v) is 8.11. The molecule has 1 aromatic carbocycles. The van der Waals surface area contributed by atoms with Crippen molar-refractivity contribution in [2.45, 2.75) is 37.5 Å². The first kappa shape index (κ1) is 21.8. The zero-order valence-electron chi connectivity index (χ0n) is 14.2. The van der Waals surface area contributed by atoms with Crippen LogP contribution < -0.4 is 0 Å². The maximum absolute atomic E-state index is 11.9. The van der Waals surface area contributed by atoms with Crippen LogP contribution in [-0.4, -0.2) is 45.9 Å². The molecule has 0 unspecified atom stereocenters. The largest absolute Gasteiger partial charge is 0.379 e. The number of aryl methyl sites for hydroxylation is 1. The molecule has 1 aromatic rings. The quantitative estimate of drug-likeness (QED) is 0.180. The average molecular weight is 470 g/mol. The predicted molar refractivity (Wildman–Crippen MR) is 103 cm³/mol. The monoisotopic (exact) mass is 470 g/mol. The molecule has 0 aliphatic carbocycles. The van der Waals surface area contributed by atoms with Gasteiger partial charge >= 0.3 is 0 Å². The van der Waals surface area contributed by atoms with Gasteiger partial charge in [-0.1, -0.05) is 53.1 Å². The molecule has 1 rings (SSSR count). The maximum Gasteiger partial charge on any atom is 0.297 e. The van der Waals surface area contributed by atoms with E-state index in [0.29, 0.717) is 13.2 Å². The summed E-state index contributed by atoms with van der Waals surface area (Å²) in [6.45, 7) is 3.86. The Kier molecular flexibility index (Phi) is 11.9. The van der Waals surface area contributed by atoms with Crippen LogP contribution >= 0.6 is 22.6 Å². The summed E-state index contributed by atoms with van der Waals surface area (Å²) in [5.74, 6) is 0. The third kappa shape index (κ3) is 9.93. The first-order valence-electron chi connectivity index (χ1n) is 8.24. The Morgan fingerprint density at radius 3 is 2.08 bits per heavy atom. The molecule has 0 aliphatic rings. The minimum absolute atomic E-state index is 0.00646. The van der Waals surface area contributed by atoms with E-state index in [9.17, 15) is 8.42 Å². The summed E-state index contributed by atoms with van der Waals surface area (Å²) < 4.78 is 40.8. The first-order chi connectivity index (χ1) is 11.6. The molecule has 0 fully saturated rings. The van der Waals surface area contributed by atoms with Crippen LogP contribution in [0.4, 0.5) is 0 Å². The van der Waals surface area contributed by atoms with Gasteiger partial charge in [-0.25, -0.2) is 0 Å². The van der Waals surface area contributed by atoms with Gasteiger partial charge in [0.15, 0.2) is 0 Å². The maximum atomic E-state index is 11.9. The molecule has 0 N–H and O–H groups in total. The van der Waals surface area contributed by atoms with E-state index < -0.39 is 10.1 Å². The fourth-order valence-electron chi connectivity index (χ4n) is 1.95. The number of halogens is 1. The zero-order chi connectivity index (χ0) is 17.7. The molecule has 0 saturated heterocycles. The van der Waals surface area contributed by atoms with Crippen molar-refractivity contribution in [1.82, 2.24) is 0 Å². The molecule has 0 aliphatic heterocycles. The topological polar surface area (TPSA) is 61.8 Å². The van der Waals surface area contributed by atoms with Gasteiger partial charge in [-0.3, -0.25) is 4.18 Å². The highest BCUT2D eigenvalue weighted by Crippen LogP contribution is 2.12. The summed E-state index contributed by atoms with van der Waals surface area (Å²) in [5.41, 5.74) is 1.00. The van der Waals surface area contributed by atoms with Gasteiger partial charge < -0.3 is 9.47 Å². The first-order valence-corrected chi connectivity index (χ1v) is 11.2. The van der Waals surface area contributed by atoms with E-state index in [1.54, 1.807) is 24.3 Å². The van der Waals surface area contributed by atoms with Crippen molar-refractivity contribution in [2.24, 2.45) is 0 Å². The lowest BCUT2D eigenvalue weighted by Gasteiger charge is -2.07. The molecule has 7 heteroatoms. The SMILES string of the molecule is Cc1ccc(S(=O)(=O)OCCOCCOCCCCCCI)cc1. The molecule has 138 valence electrons. The lowest BCUT2D eigenvalue weighted by atomic mass is 10.2. The molecule has 0 spiro atoms. The molecule has 0 bridgehead atoms. The Morgan fingerprint density at radius 1 is 0.833 bits per heavy atom. The van der Waals surface area contributed by atoms with E-state index in [-0.39, 0.29) is 18.1 Å². The highest BCUT2D eigenvalue weighted by molar-refractivity contribution is 14.1. The molecule has 0 atom stereocenters. The van der Waals surface area contributed by atoms with Crippen molar-refractivity contribution in [3.8, 4) is 0 Å². The van der Waals surface area contributed by atoms with E-state index in [0.717, 1.165) is 18.6 Å². The number of alkyl halides is 1. The molecular weight excluding hydrogens is 443 g/mol. The fraction of sp³-hybridized carbons (Fsp3) is 0.647.